The van der Waals surface area contributed by atoms with Gasteiger partial charge in [0, 0.05) is 17.7 Å². The van der Waals surface area contributed by atoms with Crippen molar-refractivity contribution in [2.75, 3.05) is 31.2 Å². The predicted molar refractivity (Wildman–Crippen MR) is 263 cm³/mol. The SMILES string of the molecule is C[C@@H](NC(=O)N1C(=O)[C@@]2(c3cc(C#CCNC(N)=O)ccc31)[C@H](C(=O)NC[C@H](O)c1ccccc1)[C@H]1C(=O)O[C@H](c3ccccc3)[C@H](c3ccccc3)N1[C@@H]2c1ccccc1OCCO)c1ccccc1. The summed E-state index contributed by atoms with van der Waals surface area (Å²) in [6.45, 7) is 0.854. The van der Waals surface area contributed by atoms with Crippen LogP contribution in [0.25, 0.3) is 0 Å². The number of imide groups is 1. The molecule has 3 aliphatic heterocycles. The minimum atomic E-state index is -2.19. The average Bonchev–Trinajstić information content (AvgIpc) is 3.85. The fraction of sp³-hybridized carbons (Fsp3) is 0.232. The minimum absolute atomic E-state index is 0.114. The standard InChI is InChI=1S/C56H52N6O9/c1-35(37-18-6-2-7-19-37)60-55(69)61-43-29-28-36(17-16-30-58-54(57)68)33-42(43)56(53(61)67)46(51(65)59-34-44(64)38-20-8-3-9-21-38)48-52(66)71-49(40-24-12-5-13-25-40)47(39-22-10-4-11-23-39)62(48)50(56)41-26-14-15-27-45(41)70-32-31-63/h2-15,18-29,33,35,44,46-50,63-64H,30-32,34H2,1H3,(H,59,65)(H,60,69)(H3,57,58,68)/t35-,44+,46+,47+,48+,49-,50-,56+/m1/s1. The summed E-state index contributed by atoms with van der Waals surface area (Å²) in [5.41, 5.74) is 6.79. The summed E-state index contributed by atoms with van der Waals surface area (Å²) in [6, 6.07) is 42.4. The van der Waals surface area contributed by atoms with Crippen LogP contribution in [0.2, 0.25) is 0 Å². The second-order valence-corrected chi connectivity index (χ2v) is 17.5. The molecule has 0 bridgehead atoms. The number of esters is 1. The van der Waals surface area contributed by atoms with E-state index in [1.54, 1.807) is 79.7 Å². The second kappa shape index (κ2) is 20.7. The van der Waals surface area contributed by atoms with Gasteiger partial charge in [-0.1, -0.05) is 151 Å². The molecule has 15 nitrogen and oxygen atoms in total. The van der Waals surface area contributed by atoms with Crippen LogP contribution in [-0.4, -0.2) is 77.3 Å². The first kappa shape index (κ1) is 47.8. The third-order valence-corrected chi connectivity index (χ3v) is 13.4. The first-order valence-corrected chi connectivity index (χ1v) is 23.3. The van der Waals surface area contributed by atoms with Gasteiger partial charge in [-0.15, -0.1) is 0 Å². The molecule has 6 aromatic carbocycles. The van der Waals surface area contributed by atoms with Crippen molar-refractivity contribution < 1.29 is 43.7 Å². The molecule has 0 unspecified atom stereocenters. The highest BCUT2D eigenvalue weighted by atomic mass is 16.6. The number of hydrogen-bond acceptors (Lipinski definition) is 10. The van der Waals surface area contributed by atoms with Gasteiger partial charge in [0.1, 0.15) is 29.9 Å². The zero-order chi connectivity index (χ0) is 49.6. The van der Waals surface area contributed by atoms with Crippen molar-refractivity contribution in [2.24, 2.45) is 11.7 Å². The highest BCUT2D eigenvalue weighted by Gasteiger charge is 2.76. The molecule has 0 aromatic heterocycles. The number of carbonyl (C=O) groups is 5. The number of aliphatic hydroxyl groups excluding tert-OH is 2. The van der Waals surface area contributed by atoms with Gasteiger partial charge in [0.05, 0.1) is 49.0 Å². The Labute approximate surface area is 410 Å². The Hall–Kier alpha value is -8.29. The maximum Gasteiger partial charge on any atom is 0.329 e. The Morgan fingerprint density at radius 1 is 0.789 bits per heavy atom. The summed E-state index contributed by atoms with van der Waals surface area (Å²) < 4.78 is 12.9. The van der Waals surface area contributed by atoms with Gasteiger partial charge in [-0.05, 0) is 59.0 Å². The van der Waals surface area contributed by atoms with E-state index in [-0.39, 0.29) is 43.3 Å². The number of urea groups is 2. The van der Waals surface area contributed by atoms with E-state index < -0.39 is 77.6 Å². The number of amides is 6. The Balaban J connectivity index is 1.34. The lowest BCUT2D eigenvalue weighted by molar-refractivity contribution is -0.178. The summed E-state index contributed by atoms with van der Waals surface area (Å²) in [5.74, 6) is 2.07. The summed E-state index contributed by atoms with van der Waals surface area (Å²) in [4.78, 5) is 77.7. The Kier molecular flexibility index (Phi) is 14.0. The monoisotopic (exact) mass is 952 g/mol. The second-order valence-electron chi connectivity index (χ2n) is 17.5. The molecule has 6 aromatic rings. The molecule has 71 heavy (non-hydrogen) atoms. The van der Waals surface area contributed by atoms with Gasteiger partial charge in [-0.3, -0.25) is 19.3 Å². The number of nitrogens with zero attached hydrogens (tertiary/aromatic N) is 2. The number of anilines is 1. The Morgan fingerprint density at radius 3 is 2.07 bits per heavy atom. The van der Waals surface area contributed by atoms with Crippen molar-refractivity contribution >= 4 is 35.5 Å². The molecule has 0 aliphatic carbocycles. The normalized spacial score (nSPS) is 22.0. The number of aliphatic hydroxyl groups is 2. The van der Waals surface area contributed by atoms with Crippen molar-refractivity contribution in [3.8, 4) is 17.6 Å². The molecule has 2 fully saturated rings. The van der Waals surface area contributed by atoms with Crippen LogP contribution in [0, 0.1) is 17.8 Å². The molecule has 1 spiro atoms. The number of hydrogen-bond donors (Lipinski definition) is 6. The number of fused-ring (bicyclic) bond motifs is 3. The molecular formula is C56H52N6O9. The van der Waals surface area contributed by atoms with E-state index in [1.807, 2.05) is 95.9 Å². The topological polar surface area (TPSA) is 213 Å². The van der Waals surface area contributed by atoms with Crippen molar-refractivity contribution in [3.63, 3.8) is 0 Å². The van der Waals surface area contributed by atoms with Gasteiger partial charge in [0.15, 0.2) is 0 Å². The predicted octanol–water partition coefficient (Wildman–Crippen LogP) is 6.06. The lowest BCUT2D eigenvalue weighted by Gasteiger charge is -2.46. The maximum absolute atomic E-state index is 16.7. The van der Waals surface area contributed by atoms with E-state index in [4.69, 9.17) is 15.2 Å². The third-order valence-electron chi connectivity index (χ3n) is 13.4. The van der Waals surface area contributed by atoms with Crippen LogP contribution >= 0.6 is 0 Å². The lowest BCUT2D eigenvalue weighted by atomic mass is 9.65. The molecular weight excluding hydrogens is 901 g/mol. The molecule has 2 saturated heterocycles. The third kappa shape index (κ3) is 9.07. The molecule has 0 radical (unpaired) electrons. The van der Waals surface area contributed by atoms with Crippen LogP contribution in [0.4, 0.5) is 15.3 Å². The quantitative estimate of drug-likeness (QED) is 0.0582. The molecule has 0 saturated carbocycles. The van der Waals surface area contributed by atoms with Crippen molar-refractivity contribution in [1.29, 1.82) is 0 Å². The van der Waals surface area contributed by atoms with Crippen LogP contribution in [0.5, 0.6) is 5.75 Å². The number of nitrogens with two attached hydrogens (primary N) is 1. The number of carbonyl (C=O) groups excluding carboxylic acids is 5. The van der Waals surface area contributed by atoms with Gasteiger partial charge in [0.25, 0.3) is 0 Å². The van der Waals surface area contributed by atoms with E-state index in [2.05, 4.69) is 27.8 Å². The van der Waals surface area contributed by atoms with Crippen LogP contribution < -0.4 is 31.3 Å². The van der Waals surface area contributed by atoms with Crippen LogP contribution in [0.15, 0.2) is 164 Å². The van der Waals surface area contributed by atoms with E-state index >= 15 is 19.2 Å². The fourth-order valence-corrected chi connectivity index (χ4v) is 10.4. The minimum Gasteiger partial charge on any atom is -0.491 e. The van der Waals surface area contributed by atoms with Gasteiger partial charge >= 0.3 is 18.0 Å². The van der Waals surface area contributed by atoms with Gasteiger partial charge in [-0.2, -0.15) is 0 Å². The smallest absolute Gasteiger partial charge is 0.329 e. The first-order valence-electron chi connectivity index (χ1n) is 23.3. The molecule has 6 amide bonds. The number of benzene rings is 6. The summed E-state index contributed by atoms with van der Waals surface area (Å²) in [7, 11) is 0. The fourth-order valence-electron chi connectivity index (χ4n) is 10.4. The lowest BCUT2D eigenvalue weighted by Crippen LogP contribution is -2.56. The van der Waals surface area contributed by atoms with Crippen LogP contribution in [0.1, 0.15) is 76.2 Å². The Morgan fingerprint density at radius 2 is 1.41 bits per heavy atom. The summed E-state index contributed by atoms with van der Waals surface area (Å²) >= 11 is 0. The molecule has 8 atom stereocenters. The van der Waals surface area contributed by atoms with E-state index in [0.717, 1.165) is 10.5 Å². The molecule has 9 rings (SSSR count). The van der Waals surface area contributed by atoms with E-state index in [1.165, 1.54) is 0 Å². The number of ether oxygens (including phenoxy) is 2. The van der Waals surface area contributed by atoms with Crippen LogP contribution in [0.3, 0.4) is 0 Å². The van der Waals surface area contributed by atoms with Gasteiger partial charge < -0.3 is 41.4 Å². The van der Waals surface area contributed by atoms with E-state index in [0.29, 0.717) is 27.8 Å². The number of primary amides is 1. The molecule has 360 valence electrons. The maximum atomic E-state index is 16.7. The highest BCUT2D eigenvalue weighted by molar-refractivity contribution is 6.24. The number of nitrogens with one attached hydrogen (secondary N) is 3. The highest BCUT2D eigenvalue weighted by Crippen LogP contribution is 2.66. The van der Waals surface area contributed by atoms with E-state index in [9.17, 15) is 15.0 Å². The average molecular weight is 953 g/mol. The molecule has 3 heterocycles. The first-order chi connectivity index (χ1) is 34.5. The number of para-hydroxylation sites is 1. The van der Waals surface area contributed by atoms with Gasteiger partial charge in [0.2, 0.25) is 11.8 Å². The largest absolute Gasteiger partial charge is 0.491 e. The molecule has 15 heteroatoms. The number of rotatable bonds is 13. The summed E-state index contributed by atoms with van der Waals surface area (Å²) in [6.07, 6.45) is -2.19. The van der Waals surface area contributed by atoms with Crippen LogP contribution in [-0.2, 0) is 24.5 Å². The van der Waals surface area contributed by atoms with Crippen molar-refractivity contribution in [3.05, 3.63) is 203 Å². The van der Waals surface area contributed by atoms with Crippen molar-refractivity contribution in [2.45, 2.75) is 48.7 Å². The molecule has 3 aliphatic rings. The number of morpholine rings is 1. The Bertz CT molecular complexity index is 2990. The zero-order valence-corrected chi connectivity index (χ0v) is 38.7. The van der Waals surface area contributed by atoms with Gasteiger partial charge in [-0.25, -0.2) is 14.5 Å². The molecule has 7 N–H and O–H groups in total. The zero-order valence-electron chi connectivity index (χ0n) is 38.7. The van der Waals surface area contributed by atoms with Crippen molar-refractivity contribution in [1.82, 2.24) is 20.9 Å². The summed E-state index contributed by atoms with van der Waals surface area (Å²) in [5, 5.41) is 30.0. The number of cyclic esters (lactones) is 1.